The fourth-order valence-corrected chi connectivity index (χ4v) is 2.43. The minimum Gasteiger partial charge on any atom is -0.496 e. The average Bonchev–Trinajstić information content (AvgIpc) is 3.06. The lowest BCUT2D eigenvalue weighted by molar-refractivity contribution is 0.216. The molecule has 2 aromatic rings. The van der Waals surface area contributed by atoms with E-state index in [4.69, 9.17) is 9.15 Å². The molecule has 1 aromatic heterocycles. The van der Waals surface area contributed by atoms with Gasteiger partial charge in [-0.2, -0.15) is 0 Å². The van der Waals surface area contributed by atoms with E-state index in [2.05, 4.69) is 24.4 Å². The van der Waals surface area contributed by atoms with Gasteiger partial charge in [0.15, 0.2) is 0 Å². The summed E-state index contributed by atoms with van der Waals surface area (Å²) in [5.41, 5.74) is 2.08. The van der Waals surface area contributed by atoms with E-state index in [-0.39, 0.29) is 6.04 Å². The van der Waals surface area contributed by atoms with Crippen LogP contribution in [0.1, 0.15) is 24.9 Å². The van der Waals surface area contributed by atoms with Crippen molar-refractivity contribution in [3.05, 3.63) is 47.9 Å². The molecule has 1 aromatic carbocycles. The first-order valence-corrected chi connectivity index (χ1v) is 6.42. The fourth-order valence-electron chi connectivity index (χ4n) is 2.43. The quantitative estimate of drug-likeness (QED) is 0.893. The van der Waals surface area contributed by atoms with Crippen molar-refractivity contribution >= 4 is 11.0 Å². The van der Waals surface area contributed by atoms with E-state index < -0.39 is 0 Å². The predicted octanol–water partition coefficient (Wildman–Crippen LogP) is 3.39. The highest BCUT2D eigenvalue weighted by Crippen LogP contribution is 2.32. The third-order valence-electron chi connectivity index (χ3n) is 3.25. The number of likely N-dealkylation sites (N-methyl/N-ethyl adjacent to an activating group) is 1. The predicted molar refractivity (Wildman–Crippen MR) is 71.3 cm³/mol. The van der Waals surface area contributed by atoms with E-state index in [0.29, 0.717) is 0 Å². The zero-order valence-corrected chi connectivity index (χ0v) is 10.5. The Labute approximate surface area is 106 Å². The van der Waals surface area contributed by atoms with Crippen molar-refractivity contribution in [1.82, 2.24) is 5.32 Å². The van der Waals surface area contributed by atoms with Crippen molar-refractivity contribution < 1.29 is 9.15 Å². The molecule has 1 aliphatic rings. The first kappa shape index (κ1) is 11.4. The number of furan rings is 1. The van der Waals surface area contributed by atoms with Gasteiger partial charge in [-0.25, -0.2) is 0 Å². The molecule has 94 valence electrons. The smallest absolute Gasteiger partial charge is 0.134 e. The maximum Gasteiger partial charge on any atom is 0.134 e. The van der Waals surface area contributed by atoms with Crippen LogP contribution in [0.3, 0.4) is 0 Å². The molecular formula is C15H17NO2. The van der Waals surface area contributed by atoms with Gasteiger partial charge in [-0.05, 0) is 18.7 Å². The SMILES string of the molecule is CCNC(C1=CCCO1)c1coc2ccccc12. The minimum absolute atomic E-state index is 0.0983. The summed E-state index contributed by atoms with van der Waals surface area (Å²) in [5, 5.41) is 4.62. The molecule has 0 amide bonds. The Bertz CT molecular complexity index is 571. The first-order valence-electron chi connectivity index (χ1n) is 6.42. The third-order valence-corrected chi connectivity index (χ3v) is 3.25. The summed E-state index contributed by atoms with van der Waals surface area (Å²) in [6.07, 6.45) is 4.99. The number of hydrogen-bond donors (Lipinski definition) is 1. The summed E-state index contributed by atoms with van der Waals surface area (Å²) in [7, 11) is 0. The van der Waals surface area contributed by atoms with Crippen LogP contribution in [0, 0.1) is 0 Å². The van der Waals surface area contributed by atoms with E-state index in [9.17, 15) is 0 Å². The standard InChI is InChI=1S/C15H17NO2/c1-2-16-15(14-8-5-9-17-14)12-10-18-13-7-4-3-6-11(12)13/h3-4,6-8,10,15-16H,2,5,9H2,1H3. The number of nitrogens with one attached hydrogen (secondary N) is 1. The number of rotatable bonds is 4. The van der Waals surface area contributed by atoms with E-state index in [1.807, 2.05) is 24.5 Å². The number of benzene rings is 1. The van der Waals surface area contributed by atoms with Crippen molar-refractivity contribution in [2.45, 2.75) is 19.4 Å². The molecule has 0 aliphatic carbocycles. The molecule has 2 heterocycles. The molecule has 1 aliphatic heterocycles. The molecule has 0 spiro atoms. The Morgan fingerprint density at radius 1 is 1.33 bits per heavy atom. The molecular weight excluding hydrogens is 226 g/mol. The van der Waals surface area contributed by atoms with Gasteiger partial charge in [0.05, 0.1) is 18.9 Å². The molecule has 0 fully saturated rings. The van der Waals surface area contributed by atoms with Crippen molar-refractivity contribution in [1.29, 1.82) is 0 Å². The van der Waals surface area contributed by atoms with Crippen LogP contribution in [-0.4, -0.2) is 13.2 Å². The topological polar surface area (TPSA) is 34.4 Å². The lowest BCUT2D eigenvalue weighted by Gasteiger charge is -2.18. The molecule has 3 nitrogen and oxygen atoms in total. The Hall–Kier alpha value is -1.74. The third kappa shape index (κ3) is 1.91. The summed E-state index contributed by atoms with van der Waals surface area (Å²) in [4.78, 5) is 0. The molecule has 0 bridgehead atoms. The molecule has 1 unspecified atom stereocenters. The zero-order valence-electron chi connectivity index (χ0n) is 10.5. The van der Waals surface area contributed by atoms with Gasteiger partial charge in [-0.3, -0.25) is 0 Å². The Morgan fingerprint density at radius 2 is 2.22 bits per heavy atom. The van der Waals surface area contributed by atoms with E-state index in [1.165, 1.54) is 0 Å². The van der Waals surface area contributed by atoms with Crippen LogP contribution in [0.4, 0.5) is 0 Å². The van der Waals surface area contributed by atoms with Crippen LogP contribution >= 0.6 is 0 Å². The Balaban J connectivity index is 2.03. The highest BCUT2D eigenvalue weighted by atomic mass is 16.5. The fraction of sp³-hybridized carbons (Fsp3) is 0.333. The molecule has 0 saturated heterocycles. The Morgan fingerprint density at radius 3 is 3.00 bits per heavy atom. The van der Waals surface area contributed by atoms with E-state index >= 15 is 0 Å². The van der Waals surface area contributed by atoms with Crippen molar-refractivity contribution in [2.75, 3.05) is 13.2 Å². The van der Waals surface area contributed by atoms with Crippen LogP contribution < -0.4 is 5.32 Å². The van der Waals surface area contributed by atoms with Crippen LogP contribution in [0.2, 0.25) is 0 Å². The van der Waals surface area contributed by atoms with Crippen LogP contribution in [0.25, 0.3) is 11.0 Å². The van der Waals surface area contributed by atoms with Crippen LogP contribution in [-0.2, 0) is 4.74 Å². The van der Waals surface area contributed by atoms with Crippen LogP contribution in [0.5, 0.6) is 0 Å². The van der Waals surface area contributed by atoms with Crippen molar-refractivity contribution in [3.8, 4) is 0 Å². The molecule has 1 N–H and O–H groups in total. The first-order chi connectivity index (χ1) is 8.90. The molecule has 0 saturated carbocycles. The monoisotopic (exact) mass is 243 g/mol. The van der Waals surface area contributed by atoms with Gasteiger partial charge in [0.25, 0.3) is 0 Å². The van der Waals surface area contributed by atoms with Gasteiger partial charge in [0.2, 0.25) is 0 Å². The summed E-state index contributed by atoms with van der Waals surface area (Å²) in [6, 6.07) is 8.21. The summed E-state index contributed by atoms with van der Waals surface area (Å²) in [5.74, 6) is 1.02. The van der Waals surface area contributed by atoms with Crippen molar-refractivity contribution in [2.24, 2.45) is 0 Å². The molecule has 18 heavy (non-hydrogen) atoms. The molecule has 1 atom stereocenters. The zero-order chi connectivity index (χ0) is 12.4. The Kier molecular flexibility index (Phi) is 3.07. The second kappa shape index (κ2) is 4.86. The number of para-hydroxylation sites is 1. The minimum atomic E-state index is 0.0983. The second-order valence-corrected chi connectivity index (χ2v) is 4.42. The average molecular weight is 243 g/mol. The molecule has 0 radical (unpaired) electrons. The largest absolute Gasteiger partial charge is 0.496 e. The number of fused-ring (bicyclic) bond motifs is 1. The summed E-state index contributed by atoms with van der Waals surface area (Å²) in [6.45, 7) is 3.78. The highest BCUT2D eigenvalue weighted by Gasteiger charge is 2.23. The second-order valence-electron chi connectivity index (χ2n) is 4.42. The van der Waals surface area contributed by atoms with E-state index in [0.717, 1.165) is 41.9 Å². The number of ether oxygens (including phenoxy) is 1. The normalized spacial score (nSPS) is 16.6. The van der Waals surface area contributed by atoms with Gasteiger partial charge >= 0.3 is 0 Å². The molecule has 3 heteroatoms. The summed E-state index contributed by atoms with van der Waals surface area (Å²) >= 11 is 0. The van der Waals surface area contributed by atoms with Gasteiger partial charge in [0.1, 0.15) is 11.3 Å². The lowest BCUT2D eigenvalue weighted by atomic mass is 10.0. The molecule has 3 rings (SSSR count). The summed E-state index contributed by atoms with van der Waals surface area (Å²) < 4.78 is 11.3. The lowest BCUT2D eigenvalue weighted by Crippen LogP contribution is -2.22. The van der Waals surface area contributed by atoms with Gasteiger partial charge in [-0.1, -0.05) is 25.1 Å². The van der Waals surface area contributed by atoms with Gasteiger partial charge < -0.3 is 14.5 Å². The highest BCUT2D eigenvalue weighted by molar-refractivity contribution is 5.81. The number of hydrogen-bond acceptors (Lipinski definition) is 3. The van der Waals surface area contributed by atoms with Gasteiger partial charge in [-0.15, -0.1) is 0 Å². The van der Waals surface area contributed by atoms with E-state index in [1.54, 1.807) is 0 Å². The van der Waals surface area contributed by atoms with Gasteiger partial charge in [0, 0.05) is 17.4 Å². The van der Waals surface area contributed by atoms with Crippen LogP contribution in [0.15, 0.2) is 46.8 Å². The maximum absolute atomic E-state index is 5.70. The van der Waals surface area contributed by atoms with Crippen molar-refractivity contribution in [3.63, 3.8) is 0 Å². The maximum atomic E-state index is 5.70.